The summed E-state index contributed by atoms with van der Waals surface area (Å²) in [6.07, 6.45) is 7.06. The molecule has 2 unspecified atom stereocenters. The van der Waals surface area contributed by atoms with Gasteiger partial charge in [-0.05, 0) is 39.2 Å². The smallest absolute Gasteiger partial charge is 0.255 e. The Labute approximate surface area is 101 Å². The molecule has 0 bridgehead atoms. The van der Waals surface area contributed by atoms with Crippen molar-refractivity contribution >= 4 is 11.8 Å². The molecule has 0 spiro atoms. The van der Waals surface area contributed by atoms with Crippen LogP contribution in [0.5, 0.6) is 0 Å². The van der Waals surface area contributed by atoms with E-state index in [2.05, 4.69) is 17.3 Å². The molecule has 3 nitrogen and oxygen atoms in total. The second-order valence-corrected chi connectivity index (χ2v) is 5.52. The number of nitrogens with zero attached hydrogens (tertiary/aromatic N) is 1. The SMILES string of the molecule is CNC1CCCC1CCSc1nc(C)co1. The molecule has 2 atom stereocenters. The zero-order valence-electron chi connectivity index (χ0n) is 10.0. The van der Waals surface area contributed by atoms with Gasteiger partial charge < -0.3 is 9.73 Å². The van der Waals surface area contributed by atoms with Gasteiger partial charge in [-0.25, -0.2) is 4.98 Å². The van der Waals surface area contributed by atoms with E-state index in [1.807, 2.05) is 6.92 Å². The number of thioether (sulfide) groups is 1. The number of hydrogen-bond donors (Lipinski definition) is 1. The molecule has 0 saturated heterocycles. The number of hydrogen-bond acceptors (Lipinski definition) is 4. The van der Waals surface area contributed by atoms with Crippen molar-refractivity contribution in [1.29, 1.82) is 0 Å². The normalized spacial score (nSPS) is 25.1. The average molecular weight is 240 g/mol. The molecule has 2 rings (SSSR count). The first kappa shape index (κ1) is 12.0. The molecule has 0 amide bonds. The van der Waals surface area contributed by atoms with Crippen LogP contribution in [0.2, 0.25) is 0 Å². The van der Waals surface area contributed by atoms with Gasteiger partial charge in [-0.1, -0.05) is 18.2 Å². The van der Waals surface area contributed by atoms with Crippen molar-refractivity contribution in [3.63, 3.8) is 0 Å². The Morgan fingerprint density at radius 1 is 1.56 bits per heavy atom. The zero-order valence-corrected chi connectivity index (χ0v) is 10.8. The summed E-state index contributed by atoms with van der Waals surface area (Å²) in [4.78, 5) is 4.29. The van der Waals surface area contributed by atoms with Gasteiger partial charge in [0, 0.05) is 11.8 Å². The van der Waals surface area contributed by atoms with E-state index >= 15 is 0 Å². The lowest BCUT2D eigenvalue weighted by molar-refractivity contribution is 0.415. The molecule has 1 aliphatic carbocycles. The summed E-state index contributed by atoms with van der Waals surface area (Å²) in [6.45, 7) is 1.96. The molecule has 0 aliphatic heterocycles. The van der Waals surface area contributed by atoms with Crippen molar-refractivity contribution in [3.8, 4) is 0 Å². The Kier molecular flexibility index (Phi) is 4.29. The van der Waals surface area contributed by atoms with Crippen LogP contribution in [-0.4, -0.2) is 23.8 Å². The third kappa shape index (κ3) is 3.01. The minimum absolute atomic E-state index is 0.729. The second kappa shape index (κ2) is 5.73. The van der Waals surface area contributed by atoms with Crippen LogP contribution in [0, 0.1) is 12.8 Å². The first-order chi connectivity index (χ1) is 7.79. The van der Waals surface area contributed by atoms with Gasteiger partial charge in [0.25, 0.3) is 5.22 Å². The maximum Gasteiger partial charge on any atom is 0.255 e. The number of oxazole rings is 1. The number of aryl methyl sites for hydroxylation is 1. The Bertz CT molecular complexity index is 327. The first-order valence-corrected chi connectivity index (χ1v) is 7.00. The van der Waals surface area contributed by atoms with E-state index in [1.165, 1.54) is 25.7 Å². The molecule has 0 aromatic carbocycles. The fourth-order valence-corrected chi connectivity index (χ4v) is 3.38. The van der Waals surface area contributed by atoms with Gasteiger partial charge in [0.1, 0.15) is 6.26 Å². The van der Waals surface area contributed by atoms with Gasteiger partial charge >= 0.3 is 0 Å². The Balaban J connectivity index is 1.71. The summed E-state index contributed by atoms with van der Waals surface area (Å²) < 4.78 is 5.32. The van der Waals surface area contributed by atoms with E-state index in [0.29, 0.717) is 0 Å². The molecule has 1 heterocycles. The van der Waals surface area contributed by atoms with E-state index in [0.717, 1.165) is 28.6 Å². The predicted molar refractivity (Wildman–Crippen MR) is 66.8 cm³/mol. The number of nitrogens with one attached hydrogen (secondary N) is 1. The van der Waals surface area contributed by atoms with Gasteiger partial charge in [-0.3, -0.25) is 0 Å². The van der Waals surface area contributed by atoms with Crippen LogP contribution in [0.3, 0.4) is 0 Å². The van der Waals surface area contributed by atoms with Gasteiger partial charge in [0.2, 0.25) is 0 Å². The molecule has 1 N–H and O–H groups in total. The number of rotatable bonds is 5. The second-order valence-electron chi connectivity index (χ2n) is 4.48. The molecule has 1 aromatic heterocycles. The van der Waals surface area contributed by atoms with Crippen LogP contribution < -0.4 is 5.32 Å². The summed E-state index contributed by atoms with van der Waals surface area (Å²) in [5.74, 6) is 1.96. The highest BCUT2D eigenvalue weighted by molar-refractivity contribution is 7.99. The van der Waals surface area contributed by atoms with Crippen molar-refractivity contribution in [2.45, 2.75) is 43.9 Å². The van der Waals surface area contributed by atoms with E-state index in [-0.39, 0.29) is 0 Å². The van der Waals surface area contributed by atoms with Crippen molar-refractivity contribution in [1.82, 2.24) is 10.3 Å². The lowest BCUT2D eigenvalue weighted by Crippen LogP contribution is -2.29. The topological polar surface area (TPSA) is 38.1 Å². The summed E-state index contributed by atoms with van der Waals surface area (Å²) in [5.41, 5.74) is 0.969. The van der Waals surface area contributed by atoms with Gasteiger partial charge in [-0.2, -0.15) is 0 Å². The Hall–Kier alpha value is -0.480. The van der Waals surface area contributed by atoms with Crippen molar-refractivity contribution in [2.75, 3.05) is 12.8 Å². The third-order valence-electron chi connectivity index (χ3n) is 3.34. The predicted octanol–water partition coefficient (Wildman–Crippen LogP) is 2.85. The molecule has 1 aromatic rings. The van der Waals surface area contributed by atoms with Crippen molar-refractivity contribution in [2.24, 2.45) is 5.92 Å². The zero-order chi connectivity index (χ0) is 11.4. The molecular formula is C12H20N2OS. The van der Waals surface area contributed by atoms with Gasteiger partial charge in [0.15, 0.2) is 0 Å². The minimum Gasteiger partial charge on any atom is -0.440 e. The molecule has 1 aliphatic rings. The molecular weight excluding hydrogens is 220 g/mol. The van der Waals surface area contributed by atoms with Crippen molar-refractivity contribution < 1.29 is 4.42 Å². The summed E-state index contributed by atoms with van der Waals surface area (Å²) >= 11 is 1.74. The molecule has 90 valence electrons. The van der Waals surface area contributed by atoms with E-state index < -0.39 is 0 Å². The Morgan fingerprint density at radius 2 is 2.44 bits per heavy atom. The fourth-order valence-electron chi connectivity index (χ4n) is 2.46. The summed E-state index contributed by atoms with van der Waals surface area (Å²) in [5, 5.41) is 4.23. The lowest BCUT2D eigenvalue weighted by Gasteiger charge is -2.17. The van der Waals surface area contributed by atoms with E-state index in [1.54, 1.807) is 18.0 Å². The number of aromatic nitrogens is 1. The van der Waals surface area contributed by atoms with Crippen LogP contribution in [0.1, 0.15) is 31.4 Å². The summed E-state index contributed by atoms with van der Waals surface area (Å²) in [6, 6.07) is 0.729. The van der Waals surface area contributed by atoms with E-state index in [9.17, 15) is 0 Å². The minimum atomic E-state index is 0.729. The fraction of sp³-hybridized carbons (Fsp3) is 0.750. The van der Waals surface area contributed by atoms with Gasteiger partial charge in [0.05, 0.1) is 5.69 Å². The van der Waals surface area contributed by atoms with Crippen LogP contribution in [0.15, 0.2) is 15.9 Å². The molecule has 1 saturated carbocycles. The molecule has 4 heteroatoms. The van der Waals surface area contributed by atoms with Crippen LogP contribution >= 0.6 is 11.8 Å². The highest BCUT2D eigenvalue weighted by Crippen LogP contribution is 2.30. The van der Waals surface area contributed by atoms with Crippen LogP contribution in [-0.2, 0) is 0 Å². The maximum atomic E-state index is 5.32. The van der Waals surface area contributed by atoms with Crippen LogP contribution in [0.25, 0.3) is 0 Å². The van der Waals surface area contributed by atoms with E-state index in [4.69, 9.17) is 4.42 Å². The third-order valence-corrected chi connectivity index (χ3v) is 4.22. The van der Waals surface area contributed by atoms with Crippen LogP contribution in [0.4, 0.5) is 0 Å². The quantitative estimate of drug-likeness (QED) is 0.803. The molecule has 16 heavy (non-hydrogen) atoms. The van der Waals surface area contributed by atoms with Gasteiger partial charge in [-0.15, -0.1) is 0 Å². The monoisotopic (exact) mass is 240 g/mol. The van der Waals surface area contributed by atoms with Crippen molar-refractivity contribution in [3.05, 3.63) is 12.0 Å². The average Bonchev–Trinajstić information content (AvgIpc) is 2.87. The first-order valence-electron chi connectivity index (χ1n) is 6.02. The molecule has 0 radical (unpaired) electrons. The maximum absolute atomic E-state index is 5.32. The summed E-state index contributed by atoms with van der Waals surface area (Å²) in [7, 11) is 2.08. The Morgan fingerprint density at radius 3 is 3.12 bits per heavy atom. The standard InChI is InChI=1S/C12H20N2OS/c1-9-8-15-12(14-9)16-7-6-10-4-3-5-11(10)13-2/h8,10-11,13H,3-7H2,1-2H3. The largest absolute Gasteiger partial charge is 0.440 e. The highest BCUT2D eigenvalue weighted by Gasteiger charge is 2.25. The lowest BCUT2D eigenvalue weighted by atomic mass is 10.0. The molecule has 1 fully saturated rings. The highest BCUT2D eigenvalue weighted by atomic mass is 32.2.